The van der Waals surface area contributed by atoms with Crippen LogP contribution >= 0.6 is 0 Å². The van der Waals surface area contributed by atoms with Gasteiger partial charge in [-0.25, -0.2) is 0 Å². The highest BCUT2D eigenvalue weighted by Gasteiger charge is 2.36. The van der Waals surface area contributed by atoms with E-state index in [9.17, 15) is 9.59 Å². The molecule has 3 heterocycles. The minimum absolute atomic E-state index is 0.0303. The summed E-state index contributed by atoms with van der Waals surface area (Å²) < 4.78 is 0. The second kappa shape index (κ2) is 4.57. The summed E-state index contributed by atoms with van der Waals surface area (Å²) in [6.07, 6.45) is 3.90. The lowest BCUT2D eigenvalue weighted by atomic mass is 9.94. The van der Waals surface area contributed by atoms with Gasteiger partial charge in [0.25, 0.3) is 5.91 Å². The van der Waals surface area contributed by atoms with Gasteiger partial charge in [0.15, 0.2) is 0 Å². The average molecular weight is 247 g/mol. The maximum absolute atomic E-state index is 12.3. The van der Waals surface area contributed by atoms with Crippen molar-refractivity contribution in [3.63, 3.8) is 0 Å². The van der Waals surface area contributed by atoms with Crippen LogP contribution in [0.2, 0.25) is 0 Å². The third kappa shape index (κ3) is 2.06. The Kier molecular flexibility index (Phi) is 2.91. The van der Waals surface area contributed by atoms with Gasteiger partial charge in [-0.3, -0.25) is 9.59 Å². The van der Waals surface area contributed by atoms with E-state index >= 15 is 0 Å². The van der Waals surface area contributed by atoms with Crippen molar-refractivity contribution in [3.05, 3.63) is 34.2 Å². The number of hydrogen-bond donors (Lipinski definition) is 2. The number of likely N-dealkylation sites (tertiary alicyclic amines) is 1. The first-order chi connectivity index (χ1) is 8.74. The Morgan fingerprint density at radius 3 is 3.06 bits per heavy atom. The lowest BCUT2D eigenvalue weighted by molar-refractivity contribution is 0.0785. The van der Waals surface area contributed by atoms with Gasteiger partial charge in [-0.2, -0.15) is 0 Å². The van der Waals surface area contributed by atoms with Crippen LogP contribution in [0.3, 0.4) is 0 Å². The smallest absolute Gasteiger partial charge is 0.254 e. The Bertz CT molecular complexity index is 497. The summed E-state index contributed by atoms with van der Waals surface area (Å²) in [6, 6.07) is 3.47. The fourth-order valence-corrected chi connectivity index (χ4v) is 2.97. The number of nitrogens with one attached hydrogen (secondary N) is 2. The van der Waals surface area contributed by atoms with Gasteiger partial charge in [0, 0.05) is 37.0 Å². The molecule has 5 heteroatoms. The fraction of sp³-hybridized carbons (Fsp3) is 0.538. The van der Waals surface area contributed by atoms with Gasteiger partial charge in [-0.05, 0) is 31.4 Å². The van der Waals surface area contributed by atoms with Gasteiger partial charge in [0.2, 0.25) is 5.56 Å². The third-order valence-corrected chi connectivity index (χ3v) is 3.91. The lowest BCUT2D eigenvalue weighted by Gasteiger charge is -2.24. The summed E-state index contributed by atoms with van der Waals surface area (Å²) in [5.74, 6) is 0.544. The molecule has 5 nitrogen and oxygen atoms in total. The summed E-state index contributed by atoms with van der Waals surface area (Å²) in [4.78, 5) is 27.9. The Morgan fingerprint density at radius 1 is 1.39 bits per heavy atom. The molecule has 0 unspecified atom stereocenters. The highest BCUT2D eigenvalue weighted by atomic mass is 16.2. The predicted molar refractivity (Wildman–Crippen MR) is 67.5 cm³/mol. The molecule has 3 rings (SSSR count). The molecule has 0 aromatic carbocycles. The highest BCUT2D eigenvalue weighted by Crippen LogP contribution is 2.25. The number of fused-ring (bicyclic) bond motifs is 1. The van der Waals surface area contributed by atoms with Crippen LogP contribution < -0.4 is 10.9 Å². The van der Waals surface area contributed by atoms with Crippen LogP contribution in [0.4, 0.5) is 0 Å². The molecule has 2 aliphatic rings. The number of rotatable bonds is 1. The third-order valence-electron chi connectivity index (χ3n) is 3.91. The van der Waals surface area contributed by atoms with Crippen molar-refractivity contribution in [2.45, 2.75) is 18.9 Å². The molecular weight excluding hydrogens is 230 g/mol. The molecule has 2 fully saturated rings. The molecule has 0 bridgehead atoms. The van der Waals surface area contributed by atoms with E-state index in [2.05, 4.69) is 10.3 Å². The van der Waals surface area contributed by atoms with Crippen molar-refractivity contribution in [1.29, 1.82) is 0 Å². The van der Waals surface area contributed by atoms with E-state index in [4.69, 9.17) is 0 Å². The van der Waals surface area contributed by atoms with Crippen molar-refractivity contribution in [3.8, 4) is 0 Å². The quantitative estimate of drug-likeness (QED) is 0.745. The molecule has 18 heavy (non-hydrogen) atoms. The number of carbonyl (C=O) groups is 1. The second-order valence-corrected chi connectivity index (χ2v) is 5.11. The monoisotopic (exact) mass is 247 g/mol. The molecule has 0 aliphatic carbocycles. The van der Waals surface area contributed by atoms with Crippen molar-refractivity contribution in [1.82, 2.24) is 15.2 Å². The first-order valence-corrected chi connectivity index (χ1v) is 6.45. The minimum atomic E-state index is -0.226. The van der Waals surface area contributed by atoms with Crippen molar-refractivity contribution >= 4 is 5.91 Å². The van der Waals surface area contributed by atoms with Crippen LogP contribution in [0.1, 0.15) is 23.2 Å². The maximum atomic E-state index is 12.3. The first-order valence-electron chi connectivity index (χ1n) is 6.45. The number of pyridine rings is 1. The zero-order chi connectivity index (χ0) is 12.5. The Balaban J connectivity index is 1.76. The van der Waals surface area contributed by atoms with E-state index in [-0.39, 0.29) is 11.5 Å². The minimum Gasteiger partial charge on any atom is -0.337 e. The van der Waals surface area contributed by atoms with Gasteiger partial charge in [-0.15, -0.1) is 0 Å². The average Bonchev–Trinajstić information content (AvgIpc) is 2.81. The van der Waals surface area contributed by atoms with E-state index in [0.29, 0.717) is 17.5 Å². The van der Waals surface area contributed by atoms with E-state index in [0.717, 1.165) is 19.6 Å². The van der Waals surface area contributed by atoms with E-state index in [1.54, 1.807) is 6.07 Å². The molecule has 2 aliphatic heterocycles. The molecule has 96 valence electrons. The maximum Gasteiger partial charge on any atom is 0.254 e. The molecule has 2 N–H and O–H groups in total. The zero-order valence-electron chi connectivity index (χ0n) is 10.2. The standard InChI is InChI=1S/C13H17N3O2/c17-12-6-9(3-5-15-12)13(18)16-7-10-2-1-4-14-11(10)8-16/h3,5-6,10-11,14H,1-2,4,7-8H2,(H,15,17)/t10-,11+/m0/s1. The summed E-state index contributed by atoms with van der Waals surface area (Å²) in [7, 11) is 0. The number of piperidine rings is 1. The first kappa shape index (κ1) is 11.5. The number of H-pyrrole nitrogens is 1. The highest BCUT2D eigenvalue weighted by molar-refractivity contribution is 5.94. The molecule has 1 aromatic heterocycles. The SMILES string of the molecule is O=C(c1cc[nH]c(=O)c1)N1C[C@@H]2CCCN[C@@H]2C1. The van der Waals surface area contributed by atoms with Gasteiger partial charge in [0.05, 0.1) is 0 Å². The number of carbonyl (C=O) groups excluding carboxylic acids is 1. The molecule has 2 saturated heterocycles. The van der Waals surface area contributed by atoms with Gasteiger partial charge in [-0.1, -0.05) is 0 Å². The normalized spacial score (nSPS) is 27.0. The Hall–Kier alpha value is -1.62. The largest absolute Gasteiger partial charge is 0.337 e. The number of aromatic amines is 1. The molecule has 0 spiro atoms. The summed E-state index contributed by atoms with van der Waals surface area (Å²) in [5.41, 5.74) is 0.257. The number of nitrogens with zero attached hydrogens (tertiary/aromatic N) is 1. The zero-order valence-corrected chi connectivity index (χ0v) is 10.2. The number of amides is 1. The summed E-state index contributed by atoms with van der Waals surface area (Å²) in [5, 5.41) is 3.47. The van der Waals surface area contributed by atoms with Gasteiger partial charge in [0.1, 0.15) is 0 Å². The molecule has 0 saturated carbocycles. The van der Waals surface area contributed by atoms with Crippen molar-refractivity contribution < 1.29 is 4.79 Å². The lowest BCUT2D eigenvalue weighted by Crippen LogP contribution is -2.41. The van der Waals surface area contributed by atoms with E-state index in [1.807, 2.05) is 4.90 Å². The fourth-order valence-electron chi connectivity index (χ4n) is 2.97. The van der Waals surface area contributed by atoms with Gasteiger partial charge >= 0.3 is 0 Å². The van der Waals surface area contributed by atoms with Crippen LogP contribution in [0.25, 0.3) is 0 Å². The molecule has 1 amide bonds. The van der Waals surface area contributed by atoms with Crippen molar-refractivity contribution in [2.75, 3.05) is 19.6 Å². The summed E-state index contributed by atoms with van der Waals surface area (Å²) >= 11 is 0. The van der Waals surface area contributed by atoms with E-state index < -0.39 is 0 Å². The van der Waals surface area contributed by atoms with Crippen LogP contribution in [0.5, 0.6) is 0 Å². The van der Waals surface area contributed by atoms with Crippen LogP contribution in [-0.2, 0) is 0 Å². The van der Waals surface area contributed by atoms with Gasteiger partial charge < -0.3 is 15.2 Å². The Labute approximate surface area is 105 Å². The summed E-state index contributed by atoms with van der Waals surface area (Å²) in [6.45, 7) is 2.62. The van der Waals surface area contributed by atoms with Crippen LogP contribution in [0.15, 0.2) is 23.1 Å². The number of hydrogen-bond acceptors (Lipinski definition) is 3. The van der Waals surface area contributed by atoms with Crippen molar-refractivity contribution in [2.24, 2.45) is 5.92 Å². The predicted octanol–water partition coefficient (Wildman–Crippen LogP) is 0.199. The molecule has 0 radical (unpaired) electrons. The number of aromatic nitrogens is 1. The molecule has 2 atom stereocenters. The van der Waals surface area contributed by atoms with Crippen LogP contribution in [0, 0.1) is 5.92 Å². The topological polar surface area (TPSA) is 65.2 Å². The molecular formula is C13H17N3O2. The van der Waals surface area contributed by atoms with E-state index in [1.165, 1.54) is 25.1 Å². The van der Waals surface area contributed by atoms with Crippen LogP contribution in [-0.4, -0.2) is 41.5 Å². The second-order valence-electron chi connectivity index (χ2n) is 5.11. The Morgan fingerprint density at radius 2 is 2.28 bits per heavy atom. The molecule has 1 aromatic rings.